The van der Waals surface area contributed by atoms with Crippen molar-refractivity contribution in [2.75, 3.05) is 0 Å². The maximum absolute atomic E-state index is 12.4. The van der Waals surface area contributed by atoms with E-state index in [0.717, 1.165) is 25.2 Å². The van der Waals surface area contributed by atoms with Crippen LogP contribution in [0.3, 0.4) is 0 Å². The van der Waals surface area contributed by atoms with Gasteiger partial charge in [-0.2, -0.15) is 13.2 Å². The summed E-state index contributed by atoms with van der Waals surface area (Å²) >= 11 is 0. The summed E-state index contributed by atoms with van der Waals surface area (Å²) in [5.74, 6) is 0.250. The Bertz CT molecular complexity index is 190. The molecule has 96 valence electrons. The summed E-state index contributed by atoms with van der Waals surface area (Å²) in [5.41, 5.74) is 0. The van der Waals surface area contributed by atoms with Crippen LogP contribution in [0.5, 0.6) is 0 Å². The average Bonchev–Trinajstić information content (AvgIpc) is 2.25. The summed E-state index contributed by atoms with van der Waals surface area (Å²) in [7, 11) is 0. The fourth-order valence-electron chi connectivity index (χ4n) is 2.50. The molecule has 0 bridgehead atoms. The zero-order chi connectivity index (χ0) is 12.2. The first-order chi connectivity index (χ1) is 7.43. The minimum absolute atomic E-state index is 0.356. The Hall–Kier alpha value is -0.210. The van der Waals surface area contributed by atoms with Crippen LogP contribution >= 0.6 is 0 Å². The lowest BCUT2D eigenvalue weighted by Gasteiger charge is -2.30. The van der Waals surface area contributed by atoms with E-state index in [2.05, 4.69) is 13.8 Å². The topological polar surface area (TPSA) is 0 Å². The van der Waals surface area contributed by atoms with Crippen LogP contribution in [0.1, 0.15) is 58.8 Å². The molecule has 0 nitrogen and oxygen atoms in total. The zero-order valence-electron chi connectivity index (χ0n) is 10.3. The van der Waals surface area contributed by atoms with Gasteiger partial charge in [-0.05, 0) is 37.5 Å². The molecule has 0 aromatic carbocycles. The van der Waals surface area contributed by atoms with Crippen molar-refractivity contribution in [3.63, 3.8) is 0 Å². The Morgan fingerprint density at radius 1 is 1.12 bits per heavy atom. The van der Waals surface area contributed by atoms with Gasteiger partial charge in [0.1, 0.15) is 0 Å². The lowest BCUT2D eigenvalue weighted by molar-refractivity contribution is -0.184. The van der Waals surface area contributed by atoms with Crippen molar-refractivity contribution in [1.82, 2.24) is 0 Å². The summed E-state index contributed by atoms with van der Waals surface area (Å²) in [6, 6.07) is 0. The second-order valence-corrected chi connectivity index (χ2v) is 5.35. The van der Waals surface area contributed by atoms with E-state index in [9.17, 15) is 13.2 Å². The van der Waals surface area contributed by atoms with Gasteiger partial charge in [0, 0.05) is 0 Å². The van der Waals surface area contributed by atoms with Crippen molar-refractivity contribution in [3.05, 3.63) is 0 Å². The van der Waals surface area contributed by atoms with Gasteiger partial charge in [0.25, 0.3) is 0 Å². The maximum atomic E-state index is 12.4. The van der Waals surface area contributed by atoms with E-state index in [1.807, 2.05) is 0 Å². The molecule has 0 aromatic rings. The van der Waals surface area contributed by atoms with Crippen LogP contribution in [0, 0.1) is 17.8 Å². The van der Waals surface area contributed by atoms with E-state index in [-0.39, 0.29) is 0 Å². The molecule has 1 rings (SSSR count). The van der Waals surface area contributed by atoms with E-state index < -0.39 is 12.1 Å². The number of halogens is 3. The third kappa shape index (κ3) is 4.34. The number of hydrogen-bond acceptors (Lipinski definition) is 0. The molecule has 1 aliphatic rings. The highest BCUT2D eigenvalue weighted by Gasteiger charge is 2.41. The summed E-state index contributed by atoms with van der Waals surface area (Å²) in [6.07, 6.45) is 1.79. The first-order valence-electron chi connectivity index (χ1n) is 6.50. The highest BCUT2D eigenvalue weighted by atomic mass is 19.4. The van der Waals surface area contributed by atoms with Gasteiger partial charge in [0.05, 0.1) is 5.92 Å². The minimum atomic E-state index is -3.96. The molecule has 3 heteroatoms. The van der Waals surface area contributed by atoms with Crippen molar-refractivity contribution in [2.24, 2.45) is 17.8 Å². The summed E-state index contributed by atoms with van der Waals surface area (Å²) in [4.78, 5) is 0. The van der Waals surface area contributed by atoms with E-state index in [1.54, 1.807) is 0 Å². The van der Waals surface area contributed by atoms with Gasteiger partial charge in [-0.25, -0.2) is 0 Å². The Kier molecular flexibility index (Phi) is 5.13. The maximum Gasteiger partial charge on any atom is 0.391 e. The monoisotopic (exact) mass is 236 g/mol. The Morgan fingerprint density at radius 3 is 2.12 bits per heavy atom. The molecule has 0 aliphatic heterocycles. The molecule has 0 radical (unpaired) electrons. The largest absolute Gasteiger partial charge is 0.391 e. The van der Waals surface area contributed by atoms with E-state index in [4.69, 9.17) is 0 Å². The van der Waals surface area contributed by atoms with Crippen LogP contribution in [0.25, 0.3) is 0 Å². The molecule has 1 fully saturated rings. The van der Waals surface area contributed by atoms with Crippen molar-refractivity contribution < 1.29 is 13.2 Å². The molecule has 0 spiro atoms. The predicted molar refractivity (Wildman–Crippen MR) is 60.2 cm³/mol. The highest BCUT2D eigenvalue weighted by molar-refractivity contribution is 4.77. The Morgan fingerprint density at radius 2 is 1.69 bits per heavy atom. The molecule has 0 heterocycles. The van der Waals surface area contributed by atoms with Crippen LogP contribution in [-0.4, -0.2) is 6.18 Å². The normalized spacial score (nSPS) is 29.1. The lowest BCUT2D eigenvalue weighted by Crippen LogP contribution is -2.27. The molecule has 0 aromatic heterocycles. The van der Waals surface area contributed by atoms with Crippen molar-refractivity contribution in [2.45, 2.75) is 65.0 Å². The van der Waals surface area contributed by atoms with Crippen LogP contribution < -0.4 is 0 Å². The minimum Gasteiger partial charge on any atom is -0.171 e. The molecule has 1 aliphatic carbocycles. The van der Waals surface area contributed by atoms with Crippen LogP contribution in [-0.2, 0) is 0 Å². The Labute approximate surface area is 96.6 Å². The molecule has 1 saturated carbocycles. The van der Waals surface area contributed by atoms with Crippen molar-refractivity contribution >= 4 is 0 Å². The fraction of sp³-hybridized carbons (Fsp3) is 1.00. The summed E-state index contributed by atoms with van der Waals surface area (Å²) in [6.45, 7) is 4.40. The molecular weight excluding hydrogens is 213 g/mol. The summed E-state index contributed by atoms with van der Waals surface area (Å²) < 4.78 is 37.3. The van der Waals surface area contributed by atoms with Crippen LogP contribution in [0.4, 0.5) is 13.2 Å². The van der Waals surface area contributed by atoms with Crippen LogP contribution in [0.15, 0.2) is 0 Å². The van der Waals surface area contributed by atoms with E-state index >= 15 is 0 Å². The van der Waals surface area contributed by atoms with Crippen molar-refractivity contribution in [3.8, 4) is 0 Å². The van der Waals surface area contributed by atoms with Gasteiger partial charge >= 0.3 is 6.18 Å². The van der Waals surface area contributed by atoms with Gasteiger partial charge in [0.2, 0.25) is 0 Å². The first kappa shape index (κ1) is 13.9. The second kappa shape index (κ2) is 5.92. The number of hydrogen-bond donors (Lipinski definition) is 0. The molecule has 1 unspecified atom stereocenters. The quantitative estimate of drug-likeness (QED) is 0.630. The Balaban J connectivity index is 2.22. The molecule has 16 heavy (non-hydrogen) atoms. The first-order valence-corrected chi connectivity index (χ1v) is 6.50. The lowest BCUT2D eigenvalue weighted by atomic mass is 9.79. The number of alkyl halides is 3. The van der Waals surface area contributed by atoms with Gasteiger partial charge in [0.15, 0.2) is 0 Å². The average molecular weight is 236 g/mol. The fourth-order valence-corrected chi connectivity index (χ4v) is 2.50. The van der Waals surface area contributed by atoms with Gasteiger partial charge < -0.3 is 0 Å². The third-order valence-corrected chi connectivity index (χ3v) is 4.07. The molecule has 1 atom stereocenters. The summed E-state index contributed by atoms with van der Waals surface area (Å²) in [5, 5.41) is 0. The van der Waals surface area contributed by atoms with E-state index in [0.29, 0.717) is 18.8 Å². The van der Waals surface area contributed by atoms with Gasteiger partial charge in [-0.3, -0.25) is 0 Å². The van der Waals surface area contributed by atoms with Gasteiger partial charge in [-0.1, -0.05) is 33.1 Å². The van der Waals surface area contributed by atoms with Crippen LogP contribution in [0.2, 0.25) is 0 Å². The predicted octanol–water partition coefficient (Wildman–Crippen LogP) is 5.18. The molecule has 0 N–H and O–H groups in total. The third-order valence-electron chi connectivity index (χ3n) is 4.07. The molecular formula is C13H23F3. The molecule has 0 saturated heterocycles. The van der Waals surface area contributed by atoms with Gasteiger partial charge in [-0.15, -0.1) is 0 Å². The van der Waals surface area contributed by atoms with Crippen molar-refractivity contribution in [1.29, 1.82) is 0 Å². The smallest absolute Gasteiger partial charge is 0.171 e. The zero-order valence-corrected chi connectivity index (χ0v) is 10.3. The highest BCUT2D eigenvalue weighted by Crippen LogP contribution is 2.40. The SMILES string of the molecule is CCC(C)CCC1CCC(C(F)(F)F)CC1. The van der Waals surface area contributed by atoms with E-state index in [1.165, 1.54) is 12.8 Å². The standard InChI is InChI=1S/C13H23F3/c1-3-10(2)4-5-11-6-8-12(9-7-11)13(14,15)16/h10-12H,3-9H2,1-2H3. The second-order valence-electron chi connectivity index (χ2n) is 5.35. The number of rotatable bonds is 4. The molecule has 0 amide bonds.